The number of ether oxygens (including phenoxy) is 1. The number of hydrogen-bond acceptors (Lipinski definition) is 8. The van der Waals surface area contributed by atoms with Crippen molar-refractivity contribution in [2.24, 2.45) is 0 Å². The lowest BCUT2D eigenvalue weighted by Gasteiger charge is -2.27. The van der Waals surface area contributed by atoms with Crippen molar-refractivity contribution in [3.05, 3.63) is 68.3 Å². The van der Waals surface area contributed by atoms with E-state index in [-0.39, 0.29) is 17.7 Å². The number of hydrogen-bond donors (Lipinski definition) is 2. The first-order valence-electron chi connectivity index (χ1n) is 10.4. The van der Waals surface area contributed by atoms with Crippen LogP contribution in [0.1, 0.15) is 39.6 Å². The van der Waals surface area contributed by atoms with Crippen molar-refractivity contribution >= 4 is 34.0 Å². The molecule has 2 aromatic heterocycles. The van der Waals surface area contributed by atoms with Gasteiger partial charge < -0.3 is 24.7 Å². The van der Waals surface area contributed by atoms with Gasteiger partial charge in [0, 0.05) is 17.5 Å². The Morgan fingerprint density at radius 2 is 2.12 bits per heavy atom. The molecular formula is C22H20N4O6S. The monoisotopic (exact) mass is 468 g/mol. The average Bonchev–Trinajstić information content (AvgIpc) is 3.43. The zero-order valence-electron chi connectivity index (χ0n) is 17.6. The molecule has 2 N–H and O–H groups in total. The van der Waals surface area contributed by atoms with Gasteiger partial charge in [-0.2, -0.15) is 0 Å². The summed E-state index contributed by atoms with van der Waals surface area (Å²) in [6.45, 7) is 2.96. The van der Waals surface area contributed by atoms with Gasteiger partial charge >= 0.3 is 6.09 Å². The van der Waals surface area contributed by atoms with E-state index in [2.05, 4.69) is 10.6 Å². The highest BCUT2D eigenvalue weighted by Gasteiger charge is 2.35. The number of carbonyl (C=O) groups is 2. The van der Waals surface area contributed by atoms with Crippen LogP contribution in [0.15, 0.2) is 40.8 Å². The summed E-state index contributed by atoms with van der Waals surface area (Å²) in [6.07, 6.45) is -0.409. The third kappa shape index (κ3) is 3.69. The molecule has 10 nitrogen and oxygen atoms in total. The lowest BCUT2D eigenvalue weighted by Crippen LogP contribution is -2.39. The molecule has 0 spiro atoms. The van der Waals surface area contributed by atoms with E-state index in [1.165, 1.54) is 17.4 Å². The van der Waals surface area contributed by atoms with Gasteiger partial charge in [0.25, 0.3) is 11.6 Å². The number of nitro benzene ring substituents is 1. The van der Waals surface area contributed by atoms with Crippen LogP contribution in [0.2, 0.25) is 0 Å². The van der Waals surface area contributed by atoms with Gasteiger partial charge in [-0.15, -0.1) is 11.3 Å². The minimum Gasteiger partial charge on any atom is -0.457 e. The fraction of sp³-hybridized carbons (Fsp3) is 0.273. The highest BCUT2D eigenvalue weighted by atomic mass is 32.1. The number of carbonyl (C=O) groups excluding carboxylic acids is 2. The third-order valence-electron chi connectivity index (χ3n) is 5.64. The summed E-state index contributed by atoms with van der Waals surface area (Å²) in [7, 11) is 0. The van der Waals surface area contributed by atoms with Gasteiger partial charge in [0.15, 0.2) is 6.17 Å². The van der Waals surface area contributed by atoms with Crippen LogP contribution in [0.3, 0.4) is 0 Å². The van der Waals surface area contributed by atoms with E-state index in [9.17, 15) is 19.7 Å². The number of amides is 2. The molecule has 3 aromatic rings. The van der Waals surface area contributed by atoms with E-state index in [0.717, 1.165) is 10.4 Å². The maximum Gasteiger partial charge on any atom is 0.410 e. The first-order valence-corrected chi connectivity index (χ1v) is 11.2. The predicted octanol–water partition coefficient (Wildman–Crippen LogP) is 4.29. The first kappa shape index (κ1) is 21.0. The quantitative estimate of drug-likeness (QED) is 0.432. The Hall–Kier alpha value is -3.86. The second-order valence-electron chi connectivity index (χ2n) is 7.61. The van der Waals surface area contributed by atoms with Crippen molar-refractivity contribution in [2.45, 2.75) is 26.1 Å². The maximum absolute atomic E-state index is 13.0. The van der Waals surface area contributed by atoms with E-state index < -0.39 is 11.1 Å². The van der Waals surface area contributed by atoms with Crippen LogP contribution in [-0.2, 0) is 17.7 Å². The molecule has 0 radical (unpaired) electrons. The summed E-state index contributed by atoms with van der Waals surface area (Å²) in [5.74, 6) is 0.552. The summed E-state index contributed by atoms with van der Waals surface area (Å²) in [6, 6.07) is 9.67. The van der Waals surface area contributed by atoms with Crippen molar-refractivity contribution in [1.82, 2.24) is 10.2 Å². The van der Waals surface area contributed by atoms with Crippen LogP contribution in [0.5, 0.6) is 0 Å². The van der Waals surface area contributed by atoms with Crippen molar-refractivity contribution in [1.29, 1.82) is 0 Å². The van der Waals surface area contributed by atoms with Crippen molar-refractivity contribution in [3.8, 4) is 11.3 Å². The Balaban J connectivity index is 1.40. The molecular weight excluding hydrogens is 448 g/mol. The fourth-order valence-electron chi connectivity index (χ4n) is 4.12. The topological polar surface area (TPSA) is 127 Å². The SMILES string of the molecule is CCOC(=O)N1CCc2c(sc3c2C(=O)NC(c2ccc(-c4ccccc4[N+](=O)[O-])o2)N3)C1. The number of nitrogens with zero attached hydrogens (tertiary/aromatic N) is 2. The lowest BCUT2D eigenvalue weighted by molar-refractivity contribution is -0.384. The van der Waals surface area contributed by atoms with E-state index in [0.29, 0.717) is 53.8 Å². The number of rotatable bonds is 4. The number of nitrogens with one attached hydrogen (secondary N) is 2. The fourth-order valence-corrected chi connectivity index (χ4v) is 5.41. The molecule has 2 aliphatic rings. The largest absolute Gasteiger partial charge is 0.457 e. The van der Waals surface area contributed by atoms with Crippen molar-refractivity contribution in [2.75, 3.05) is 18.5 Å². The summed E-state index contributed by atoms with van der Waals surface area (Å²) in [5.41, 5.74) is 1.85. The van der Waals surface area contributed by atoms with E-state index in [4.69, 9.17) is 9.15 Å². The van der Waals surface area contributed by atoms with E-state index in [1.54, 1.807) is 42.2 Å². The minimum absolute atomic E-state index is 0.0570. The van der Waals surface area contributed by atoms with Crippen LogP contribution in [0.25, 0.3) is 11.3 Å². The molecule has 0 bridgehead atoms. The molecule has 1 aromatic carbocycles. The number of furan rings is 1. The van der Waals surface area contributed by atoms with Gasteiger partial charge in [-0.05, 0) is 37.1 Å². The lowest BCUT2D eigenvalue weighted by atomic mass is 10.0. The van der Waals surface area contributed by atoms with Crippen LogP contribution in [0.4, 0.5) is 15.5 Å². The molecule has 2 amide bonds. The third-order valence-corrected chi connectivity index (χ3v) is 6.79. The van der Waals surface area contributed by atoms with Gasteiger partial charge in [0.1, 0.15) is 16.5 Å². The Bertz CT molecular complexity index is 1270. The second-order valence-corrected chi connectivity index (χ2v) is 8.71. The zero-order valence-corrected chi connectivity index (χ0v) is 18.4. The number of anilines is 1. The number of fused-ring (bicyclic) bond motifs is 3. The Morgan fingerprint density at radius 3 is 2.91 bits per heavy atom. The molecule has 0 saturated carbocycles. The van der Waals surface area contributed by atoms with Crippen LogP contribution in [0, 0.1) is 10.1 Å². The van der Waals surface area contributed by atoms with Crippen LogP contribution in [-0.4, -0.2) is 35.0 Å². The number of thiophene rings is 1. The van der Waals surface area contributed by atoms with Crippen molar-refractivity contribution < 1.29 is 23.7 Å². The molecule has 5 rings (SSSR count). The number of para-hydroxylation sites is 1. The van der Waals surface area contributed by atoms with Crippen LogP contribution < -0.4 is 10.6 Å². The van der Waals surface area contributed by atoms with Gasteiger partial charge in [0.05, 0.1) is 29.2 Å². The maximum atomic E-state index is 13.0. The summed E-state index contributed by atoms with van der Waals surface area (Å²) < 4.78 is 11.0. The van der Waals surface area contributed by atoms with Crippen molar-refractivity contribution in [3.63, 3.8) is 0 Å². The van der Waals surface area contributed by atoms with Gasteiger partial charge in [0.2, 0.25) is 0 Å². The van der Waals surface area contributed by atoms with Gasteiger partial charge in [-0.25, -0.2) is 4.79 Å². The molecule has 4 heterocycles. The minimum atomic E-state index is -0.622. The summed E-state index contributed by atoms with van der Waals surface area (Å²) >= 11 is 1.44. The smallest absolute Gasteiger partial charge is 0.410 e. The molecule has 2 aliphatic heterocycles. The molecule has 1 atom stereocenters. The molecule has 1 unspecified atom stereocenters. The Labute approximate surface area is 192 Å². The molecule has 11 heteroatoms. The highest BCUT2D eigenvalue weighted by Crippen LogP contribution is 2.41. The number of nitro groups is 1. The predicted molar refractivity (Wildman–Crippen MR) is 120 cm³/mol. The standard InChI is InChI=1S/C22H20N4O6S/c1-2-31-22(28)25-10-9-13-17(11-25)33-21-18(13)20(27)23-19(24-21)16-8-7-15(32-16)12-5-3-4-6-14(12)26(29)30/h3-8,19,24H,2,9-11H2,1H3,(H,23,27). The molecule has 0 saturated heterocycles. The second kappa shape index (κ2) is 8.24. The zero-order chi connectivity index (χ0) is 23.1. The van der Waals surface area contributed by atoms with Crippen LogP contribution >= 0.6 is 11.3 Å². The van der Waals surface area contributed by atoms with Gasteiger partial charge in [-0.1, -0.05) is 12.1 Å². The van der Waals surface area contributed by atoms with Gasteiger partial charge in [-0.3, -0.25) is 14.9 Å². The number of benzene rings is 1. The highest BCUT2D eigenvalue weighted by molar-refractivity contribution is 7.16. The average molecular weight is 468 g/mol. The molecule has 0 fully saturated rings. The Kier molecular flexibility index (Phi) is 5.25. The first-order chi connectivity index (χ1) is 16.0. The van der Waals surface area contributed by atoms with E-state index in [1.807, 2.05) is 0 Å². The summed E-state index contributed by atoms with van der Waals surface area (Å²) in [4.78, 5) is 38.5. The molecule has 33 heavy (non-hydrogen) atoms. The van der Waals surface area contributed by atoms with E-state index >= 15 is 0 Å². The molecule has 0 aliphatic carbocycles. The summed E-state index contributed by atoms with van der Waals surface area (Å²) in [5, 5.41) is 18.3. The molecule has 170 valence electrons. The normalized spacial score (nSPS) is 16.9. The Morgan fingerprint density at radius 1 is 1.30 bits per heavy atom.